The molecule has 1 unspecified atom stereocenters. The zero-order valence-electron chi connectivity index (χ0n) is 8.73. The molecule has 1 aromatic carbocycles. The molecular formula is C11H14O4. The Hall–Kier alpha value is -1.55. The molecule has 15 heavy (non-hydrogen) atoms. The number of ether oxygens (including phenoxy) is 1. The van der Waals surface area contributed by atoms with Gasteiger partial charge >= 0.3 is 5.97 Å². The molecule has 1 atom stereocenters. The van der Waals surface area contributed by atoms with Crippen molar-refractivity contribution in [3.63, 3.8) is 0 Å². The van der Waals surface area contributed by atoms with Gasteiger partial charge in [-0.05, 0) is 30.2 Å². The van der Waals surface area contributed by atoms with Gasteiger partial charge in [-0.1, -0.05) is 6.07 Å². The monoisotopic (exact) mass is 210 g/mol. The zero-order valence-corrected chi connectivity index (χ0v) is 8.73. The van der Waals surface area contributed by atoms with E-state index >= 15 is 0 Å². The van der Waals surface area contributed by atoms with Crippen LogP contribution in [0.25, 0.3) is 0 Å². The number of methoxy groups -OCH3 is 1. The zero-order chi connectivity index (χ0) is 11.4. The Bertz CT molecular complexity index is 360. The van der Waals surface area contributed by atoms with Crippen LogP contribution in [0.15, 0.2) is 18.2 Å². The lowest BCUT2D eigenvalue weighted by Gasteiger charge is -2.12. The molecule has 0 aliphatic heterocycles. The van der Waals surface area contributed by atoms with Gasteiger partial charge in [0.1, 0.15) is 5.75 Å². The van der Waals surface area contributed by atoms with Crippen molar-refractivity contribution in [3.8, 4) is 5.75 Å². The highest BCUT2D eigenvalue weighted by Gasteiger charge is 2.17. The molecule has 82 valence electrons. The van der Waals surface area contributed by atoms with E-state index in [9.17, 15) is 4.79 Å². The maximum atomic E-state index is 10.8. The number of carboxylic acid groups (broad SMARTS) is 1. The second-order valence-corrected chi connectivity index (χ2v) is 3.28. The third kappa shape index (κ3) is 2.47. The second kappa shape index (κ2) is 4.79. The molecule has 4 nitrogen and oxygen atoms in total. The summed E-state index contributed by atoms with van der Waals surface area (Å²) >= 11 is 0. The van der Waals surface area contributed by atoms with Crippen LogP contribution in [0, 0.1) is 0 Å². The molecule has 0 saturated carbocycles. The van der Waals surface area contributed by atoms with Crippen molar-refractivity contribution in [2.75, 3.05) is 7.11 Å². The van der Waals surface area contributed by atoms with E-state index in [1.54, 1.807) is 25.1 Å². The fraction of sp³-hybridized carbons (Fsp3) is 0.364. The Morgan fingerprint density at radius 3 is 2.67 bits per heavy atom. The number of aliphatic hydroxyl groups is 1. The molecule has 0 amide bonds. The third-order valence-electron chi connectivity index (χ3n) is 2.36. The largest absolute Gasteiger partial charge is 0.497 e. The molecule has 0 radical (unpaired) electrons. The highest BCUT2D eigenvalue weighted by Crippen LogP contribution is 2.24. The summed E-state index contributed by atoms with van der Waals surface area (Å²) < 4.78 is 4.99. The third-order valence-corrected chi connectivity index (χ3v) is 2.36. The van der Waals surface area contributed by atoms with Gasteiger partial charge in [0.2, 0.25) is 0 Å². The minimum atomic E-state index is -0.908. The lowest BCUT2D eigenvalue weighted by Crippen LogP contribution is -2.10. The first-order chi connectivity index (χ1) is 7.10. The van der Waals surface area contributed by atoms with Crippen molar-refractivity contribution in [1.29, 1.82) is 0 Å². The van der Waals surface area contributed by atoms with Gasteiger partial charge in [-0.3, -0.25) is 4.79 Å². The average molecular weight is 210 g/mol. The smallest absolute Gasteiger partial charge is 0.310 e. The molecule has 4 heteroatoms. The summed E-state index contributed by atoms with van der Waals surface area (Å²) in [6, 6.07) is 5.01. The molecule has 0 bridgehead atoms. The summed E-state index contributed by atoms with van der Waals surface area (Å²) in [6.45, 7) is 1.40. The first-order valence-electron chi connectivity index (χ1n) is 4.60. The van der Waals surface area contributed by atoms with Gasteiger partial charge in [0.25, 0.3) is 0 Å². The molecule has 1 rings (SSSR count). The Labute approximate surface area is 88.1 Å². The van der Waals surface area contributed by atoms with Crippen LogP contribution in [0.4, 0.5) is 0 Å². The van der Waals surface area contributed by atoms with Crippen molar-refractivity contribution in [3.05, 3.63) is 29.3 Å². The summed E-state index contributed by atoms with van der Waals surface area (Å²) in [5.74, 6) is -0.923. The molecule has 0 heterocycles. The van der Waals surface area contributed by atoms with Gasteiger partial charge in [-0.15, -0.1) is 0 Å². The maximum Gasteiger partial charge on any atom is 0.310 e. The quantitative estimate of drug-likeness (QED) is 0.787. The number of hydrogen-bond donors (Lipinski definition) is 2. The van der Waals surface area contributed by atoms with Gasteiger partial charge in [0, 0.05) is 0 Å². The first kappa shape index (κ1) is 11.5. The predicted octanol–water partition coefficient (Wildman–Crippen LogP) is 1.38. The predicted molar refractivity (Wildman–Crippen MR) is 55.0 cm³/mol. The molecule has 0 spiro atoms. The lowest BCUT2D eigenvalue weighted by atomic mass is 9.96. The fourth-order valence-corrected chi connectivity index (χ4v) is 1.40. The number of carboxylic acids is 1. The van der Waals surface area contributed by atoms with Crippen molar-refractivity contribution in [2.24, 2.45) is 0 Å². The molecule has 1 aromatic rings. The van der Waals surface area contributed by atoms with Crippen LogP contribution in [-0.4, -0.2) is 23.3 Å². The van der Waals surface area contributed by atoms with Crippen LogP contribution in [0.5, 0.6) is 5.75 Å². The Morgan fingerprint density at radius 2 is 2.20 bits per heavy atom. The molecule has 0 fully saturated rings. The first-order valence-corrected chi connectivity index (χ1v) is 4.60. The highest BCUT2D eigenvalue weighted by atomic mass is 16.5. The van der Waals surface area contributed by atoms with Gasteiger partial charge in [0.15, 0.2) is 0 Å². The normalized spacial score (nSPS) is 12.2. The van der Waals surface area contributed by atoms with Crippen LogP contribution in [0.2, 0.25) is 0 Å². The molecule has 0 saturated heterocycles. The molecule has 0 aliphatic rings. The lowest BCUT2D eigenvalue weighted by molar-refractivity contribution is -0.138. The van der Waals surface area contributed by atoms with Crippen molar-refractivity contribution < 1.29 is 19.7 Å². The number of aliphatic carboxylic acids is 1. The van der Waals surface area contributed by atoms with Gasteiger partial charge in [-0.2, -0.15) is 0 Å². The van der Waals surface area contributed by atoms with E-state index in [0.717, 1.165) is 0 Å². The SMILES string of the molecule is COc1ccc(C(C)C(=O)O)c(CO)c1. The molecule has 2 N–H and O–H groups in total. The topological polar surface area (TPSA) is 66.8 Å². The number of hydrogen-bond acceptors (Lipinski definition) is 3. The summed E-state index contributed by atoms with van der Waals surface area (Å²) in [4.78, 5) is 10.8. The Balaban J connectivity index is 3.12. The van der Waals surface area contributed by atoms with Crippen LogP contribution in [-0.2, 0) is 11.4 Å². The van der Waals surface area contributed by atoms with Gasteiger partial charge in [0.05, 0.1) is 19.6 Å². The van der Waals surface area contributed by atoms with Crippen LogP contribution >= 0.6 is 0 Å². The minimum absolute atomic E-state index is 0.190. The average Bonchev–Trinajstić information content (AvgIpc) is 2.27. The summed E-state index contributed by atoms with van der Waals surface area (Å²) in [7, 11) is 1.52. The van der Waals surface area contributed by atoms with E-state index in [4.69, 9.17) is 14.9 Å². The van der Waals surface area contributed by atoms with Gasteiger partial charge < -0.3 is 14.9 Å². The summed E-state index contributed by atoms with van der Waals surface area (Å²) in [5, 5.41) is 18.0. The van der Waals surface area contributed by atoms with Gasteiger partial charge in [-0.25, -0.2) is 0 Å². The van der Waals surface area contributed by atoms with Crippen molar-refractivity contribution in [2.45, 2.75) is 19.4 Å². The van der Waals surface area contributed by atoms with E-state index in [2.05, 4.69) is 0 Å². The number of aliphatic hydroxyl groups excluding tert-OH is 1. The van der Waals surface area contributed by atoms with Crippen LogP contribution < -0.4 is 4.74 Å². The van der Waals surface area contributed by atoms with E-state index in [1.165, 1.54) is 7.11 Å². The number of rotatable bonds is 4. The van der Waals surface area contributed by atoms with Crippen LogP contribution in [0.3, 0.4) is 0 Å². The number of benzene rings is 1. The van der Waals surface area contributed by atoms with E-state index in [0.29, 0.717) is 16.9 Å². The Morgan fingerprint density at radius 1 is 1.53 bits per heavy atom. The van der Waals surface area contributed by atoms with Crippen LogP contribution in [0.1, 0.15) is 24.0 Å². The van der Waals surface area contributed by atoms with E-state index < -0.39 is 11.9 Å². The van der Waals surface area contributed by atoms with E-state index in [1.807, 2.05) is 0 Å². The van der Waals surface area contributed by atoms with Crippen molar-refractivity contribution in [1.82, 2.24) is 0 Å². The maximum absolute atomic E-state index is 10.8. The standard InChI is InChI=1S/C11H14O4/c1-7(11(13)14)10-4-3-9(15-2)5-8(10)6-12/h3-5,7,12H,6H2,1-2H3,(H,13,14). The molecule has 0 aliphatic carbocycles. The number of carbonyl (C=O) groups is 1. The summed E-state index contributed by atoms with van der Waals surface area (Å²) in [6.07, 6.45) is 0. The minimum Gasteiger partial charge on any atom is -0.497 e. The molecule has 0 aromatic heterocycles. The summed E-state index contributed by atoms with van der Waals surface area (Å²) in [5.41, 5.74) is 1.20. The Kier molecular flexibility index (Phi) is 3.68. The second-order valence-electron chi connectivity index (χ2n) is 3.28. The van der Waals surface area contributed by atoms with Crippen molar-refractivity contribution >= 4 is 5.97 Å². The highest BCUT2D eigenvalue weighted by molar-refractivity contribution is 5.76. The van der Waals surface area contributed by atoms with E-state index in [-0.39, 0.29) is 6.61 Å². The molecular weight excluding hydrogens is 196 g/mol. The fourth-order valence-electron chi connectivity index (χ4n) is 1.40.